The molecular formula is C32H26Cl2N2O5S. The minimum Gasteiger partial charge on any atom is -0.478 e. The molecule has 0 spiro atoms. The number of aromatic nitrogens is 1. The Morgan fingerprint density at radius 2 is 1.60 bits per heavy atom. The van der Waals surface area contributed by atoms with Crippen molar-refractivity contribution in [2.24, 2.45) is 0 Å². The molecule has 42 heavy (non-hydrogen) atoms. The summed E-state index contributed by atoms with van der Waals surface area (Å²) in [5.41, 5.74) is 4.15. The average Bonchev–Trinajstić information content (AvgIpc) is 3.34. The number of carbonyl (C=O) groups excluding carboxylic acids is 1. The monoisotopic (exact) mass is 620 g/mol. The molecule has 5 rings (SSSR count). The van der Waals surface area contributed by atoms with Crippen LogP contribution < -0.4 is 5.32 Å². The smallest absolute Gasteiger partial charge is 0.335 e. The van der Waals surface area contributed by atoms with E-state index in [9.17, 15) is 23.1 Å². The molecule has 0 aliphatic heterocycles. The van der Waals surface area contributed by atoms with Gasteiger partial charge in [0.2, 0.25) is 0 Å². The molecule has 1 atom stereocenters. The quantitative estimate of drug-likeness (QED) is 0.190. The number of amides is 1. The van der Waals surface area contributed by atoms with Crippen molar-refractivity contribution in [3.05, 3.63) is 123 Å². The lowest BCUT2D eigenvalue weighted by Crippen LogP contribution is -2.27. The Morgan fingerprint density at radius 3 is 2.24 bits per heavy atom. The van der Waals surface area contributed by atoms with Crippen LogP contribution >= 0.6 is 23.2 Å². The van der Waals surface area contributed by atoms with Crippen LogP contribution in [-0.4, -0.2) is 36.2 Å². The Morgan fingerprint density at radius 1 is 0.905 bits per heavy atom. The molecule has 5 aromatic rings. The number of carboxylic acids is 1. The van der Waals surface area contributed by atoms with Gasteiger partial charge in [-0.2, -0.15) is 0 Å². The van der Waals surface area contributed by atoms with Crippen molar-refractivity contribution in [1.82, 2.24) is 9.88 Å². The predicted molar refractivity (Wildman–Crippen MR) is 165 cm³/mol. The van der Waals surface area contributed by atoms with Gasteiger partial charge in [0.1, 0.15) is 0 Å². The Kier molecular flexibility index (Phi) is 8.14. The molecule has 0 radical (unpaired) electrons. The van der Waals surface area contributed by atoms with Crippen LogP contribution in [0.3, 0.4) is 0 Å². The molecule has 0 unspecified atom stereocenters. The predicted octanol–water partition coefficient (Wildman–Crippen LogP) is 7.26. The summed E-state index contributed by atoms with van der Waals surface area (Å²) >= 11 is 12.5. The summed E-state index contributed by atoms with van der Waals surface area (Å²) in [6.45, 7) is 2.22. The number of aromatic carboxylic acids is 1. The Labute approximate surface area is 253 Å². The van der Waals surface area contributed by atoms with Crippen LogP contribution in [0.15, 0.2) is 96.0 Å². The molecule has 0 fully saturated rings. The molecule has 0 aliphatic rings. The maximum Gasteiger partial charge on any atom is 0.335 e. The molecule has 1 aromatic heterocycles. The zero-order chi connectivity index (χ0) is 30.2. The average molecular weight is 622 g/mol. The molecule has 4 aromatic carbocycles. The highest BCUT2D eigenvalue weighted by atomic mass is 35.5. The largest absolute Gasteiger partial charge is 0.478 e. The number of nitrogens with zero attached hydrogens (tertiary/aromatic N) is 1. The van der Waals surface area contributed by atoms with Gasteiger partial charge in [0.15, 0.2) is 9.84 Å². The summed E-state index contributed by atoms with van der Waals surface area (Å²) in [5.74, 6) is -1.38. The zero-order valence-electron chi connectivity index (χ0n) is 22.6. The first kappa shape index (κ1) is 29.4. The van der Waals surface area contributed by atoms with E-state index in [4.69, 9.17) is 23.2 Å². The highest BCUT2D eigenvalue weighted by Gasteiger charge is 2.20. The Bertz CT molecular complexity index is 1930. The zero-order valence-corrected chi connectivity index (χ0v) is 25.0. The Balaban J connectivity index is 1.59. The fourth-order valence-corrected chi connectivity index (χ4v) is 6.14. The van der Waals surface area contributed by atoms with Gasteiger partial charge in [-0.25, -0.2) is 13.2 Å². The minimum absolute atomic E-state index is 0.155. The number of benzene rings is 4. The van der Waals surface area contributed by atoms with Gasteiger partial charge in [-0.3, -0.25) is 4.79 Å². The summed E-state index contributed by atoms with van der Waals surface area (Å²) in [6, 6.07) is 23.4. The van der Waals surface area contributed by atoms with Gasteiger partial charge in [-0.15, -0.1) is 0 Å². The molecule has 0 saturated heterocycles. The minimum atomic E-state index is -3.44. The third kappa shape index (κ3) is 6.36. The lowest BCUT2D eigenvalue weighted by Gasteiger charge is -2.17. The first-order chi connectivity index (χ1) is 19.9. The van der Waals surface area contributed by atoms with Crippen molar-refractivity contribution in [2.45, 2.75) is 24.4 Å². The molecule has 1 amide bonds. The van der Waals surface area contributed by atoms with Crippen LogP contribution in [0, 0.1) is 0 Å². The van der Waals surface area contributed by atoms with Crippen molar-refractivity contribution in [3.8, 4) is 11.1 Å². The number of carbonyl (C=O) groups is 2. The van der Waals surface area contributed by atoms with E-state index in [-0.39, 0.29) is 16.4 Å². The van der Waals surface area contributed by atoms with Crippen LogP contribution in [0.4, 0.5) is 0 Å². The van der Waals surface area contributed by atoms with Crippen molar-refractivity contribution < 1.29 is 23.1 Å². The van der Waals surface area contributed by atoms with E-state index in [2.05, 4.69) is 5.32 Å². The normalized spacial score (nSPS) is 12.3. The van der Waals surface area contributed by atoms with Gasteiger partial charge < -0.3 is 15.0 Å². The second kappa shape index (κ2) is 11.6. The Hall–Kier alpha value is -4.11. The lowest BCUT2D eigenvalue weighted by molar-refractivity contribution is 0.0696. The van der Waals surface area contributed by atoms with Crippen LogP contribution in [0.1, 0.15) is 44.8 Å². The van der Waals surface area contributed by atoms with E-state index in [0.717, 1.165) is 22.8 Å². The van der Waals surface area contributed by atoms with E-state index < -0.39 is 21.8 Å². The summed E-state index contributed by atoms with van der Waals surface area (Å²) in [5, 5.41) is 14.0. The molecule has 0 bridgehead atoms. The van der Waals surface area contributed by atoms with E-state index >= 15 is 0 Å². The van der Waals surface area contributed by atoms with Crippen molar-refractivity contribution >= 4 is 55.8 Å². The van der Waals surface area contributed by atoms with Gasteiger partial charge in [0, 0.05) is 34.4 Å². The van der Waals surface area contributed by atoms with Gasteiger partial charge in [-0.1, -0.05) is 47.5 Å². The fourth-order valence-electron chi connectivity index (χ4n) is 4.90. The molecule has 214 valence electrons. The molecule has 2 N–H and O–H groups in total. The molecule has 10 heteroatoms. The third-order valence-corrected chi connectivity index (χ3v) is 8.53. The van der Waals surface area contributed by atoms with Gasteiger partial charge in [-0.05, 0) is 89.8 Å². The summed E-state index contributed by atoms with van der Waals surface area (Å²) in [4.78, 5) is 25.3. The first-order valence-corrected chi connectivity index (χ1v) is 15.6. The van der Waals surface area contributed by atoms with Crippen LogP contribution in [-0.2, 0) is 16.4 Å². The van der Waals surface area contributed by atoms with Crippen LogP contribution in [0.25, 0.3) is 22.0 Å². The first-order valence-electron chi connectivity index (χ1n) is 12.9. The second-order valence-corrected chi connectivity index (χ2v) is 13.0. The molecule has 7 nitrogen and oxygen atoms in total. The van der Waals surface area contributed by atoms with Crippen molar-refractivity contribution in [1.29, 1.82) is 0 Å². The SMILES string of the molecule is C[C@H](NC(=O)c1cc(-c2cccc(S(C)(=O)=O)c2)cc2ccn(Cc3cc(Cl)cc(Cl)c3)c12)c1ccc(C(=O)O)cc1. The van der Waals surface area contributed by atoms with Crippen LogP contribution in [0.2, 0.25) is 10.0 Å². The highest BCUT2D eigenvalue weighted by Crippen LogP contribution is 2.31. The number of rotatable bonds is 8. The maximum atomic E-state index is 13.9. The van der Waals surface area contributed by atoms with Gasteiger partial charge in [0.05, 0.1) is 27.6 Å². The highest BCUT2D eigenvalue weighted by molar-refractivity contribution is 7.90. The fraction of sp³-hybridized carbons (Fsp3) is 0.125. The van der Waals surface area contributed by atoms with Gasteiger partial charge >= 0.3 is 5.97 Å². The number of hydrogen-bond donors (Lipinski definition) is 2. The van der Waals surface area contributed by atoms with Crippen LogP contribution in [0.5, 0.6) is 0 Å². The maximum absolute atomic E-state index is 13.9. The number of fused-ring (bicyclic) bond motifs is 1. The van der Waals surface area contributed by atoms with E-state index in [0.29, 0.717) is 38.8 Å². The van der Waals surface area contributed by atoms with Gasteiger partial charge in [0.25, 0.3) is 5.91 Å². The summed E-state index contributed by atoms with van der Waals surface area (Å²) < 4.78 is 26.4. The number of halogens is 2. The molecular weight excluding hydrogens is 595 g/mol. The van der Waals surface area contributed by atoms with Crippen molar-refractivity contribution in [3.63, 3.8) is 0 Å². The topological polar surface area (TPSA) is 105 Å². The number of sulfone groups is 1. The lowest BCUT2D eigenvalue weighted by atomic mass is 9.99. The molecule has 0 aliphatic carbocycles. The molecule has 1 heterocycles. The summed E-state index contributed by atoms with van der Waals surface area (Å²) in [6.07, 6.45) is 3.03. The second-order valence-electron chi connectivity index (χ2n) is 10.1. The van der Waals surface area contributed by atoms with E-state index in [1.165, 1.54) is 18.2 Å². The number of nitrogens with one attached hydrogen (secondary N) is 1. The standard InChI is InChI=1S/C32H26Cl2N2O5S/c1-19(21-6-8-22(9-7-21)32(38)39)35-31(37)29-16-25(23-4-3-5-28(15-23)42(2,40)41)14-24-10-11-36(30(24)29)18-20-12-26(33)17-27(34)13-20/h3-17,19H,18H2,1-2H3,(H,35,37)(H,38,39)/t19-/m0/s1. The number of carboxylic acid groups (broad SMARTS) is 1. The van der Waals surface area contributed by atoms with Crippen molar-refractivity contribution in [2.75, 3.05) is 6.26 Å². The molecule has 0 saturated carbocycles. The summed E-state index contributed by atoms with van der Waals surface area (Å²) in [7, 11) is -3.44. The van der Waals surface area contributed by atoms with E-state index in [1.807, 2.05) is 42.0 Å². The van der Waals surface area contributed by atoms with E-state index in [1.54, 1.807) is 42.5 Å². The number of hydrogen-bond acceptors (Lipinski definition) is 4. The third-order valence-electron chi connectivity index (χ3n) is 6.98.